The standard InChI is InChI=1S/C31H34FN3O2/c1-22(36)9-10-23-17-29(20-33-19-23)35(31(37)25-7-5-4-6-8-25)21-27-12-11-26(18-30(27)32)24-13-15-28(16-14-24)34(2)3/h9-20,25H,4-8,21H2,1-3H3/b10-9+/i21D. The van der Waals surface area contributed by atoms with Crippen molar-refractivity contribution in [1.82, 2.24) is 4.98 Å². The minimum absolute atomic E-state index is 0.109. The fraction of sp³-hybridized carbons (Fsp3) is 0.323. The Labute approximate surface area is 220 Å². The van der Waals surface area contributed by atoms with Crippen LogP contribution in [0.4, 0.5) is 15.8 Å². The van der Waals surface area contributed by atoms with Gasteiger partial charge in [0, 0.05) is 37.5 Å². The minimum atomic E-state index is -1.29. The van der Waals surface area contributed by atoms with Crippen molar-refractivity contribution in [1.29, 1.82) is 0 Å². The lowest BCUT2D eigenvalue weighted by Crippen LogP contribution is -2.37. The van der Waals surface area contributed by atoms with E-state index in [4.69, 9.17) is 1.37 Å². The number of carbonyl (C=O) groups is 2. The largest absolute Gasteiger partial charge is 0.378 e. The number of hydrogen-bond acceptors (Lipinski definition) is 4. The van der Waals surface area contributed by atoms with Crippen LogP contribution in [0.15, 0.2) is 67.0 Å². The highest BCUT2D eigenvalue weighted by molar-refractivity contribution is 5.95. The first-order valence-corrected chi connectivity index (χ1v) is 12.7. The third-order valence-electron chi connectivity index (χ3n) is 6.71. The fourth-order valence-electron chi connectivity index (χ4n) is 4.60. The molecule has 5 nitrogen and oxygen atoms in total. The van der Waals surface area contributed by atoms with Gasteiger partial charge in [-0.2, -0.15) is 0 Å². The highest BCUT2D eigenvalue weighted by atomic mass is 19.1. The quantitative estimate of drug-likeness (QED) is 0.324. The summed E-state index contributed by atoms with van der Waals surface area (Å²) in [5.74, 6) is -1.06. The van der Waals surface area contributed by atoms with Gasteiger partial charge in [0.25, 0.3) is 0 Å². The second kappa shape index (κ2) is 12.0. The summed E-state index contributed by atoms with van der Waals surface area (Å²) >= 11 is 0. The molecule has 0 radical (unpaired) electrons. The Kier molecular flexibility index (Phi) is 8.04. The van der Waals surface area contributed by atoms with Crippen molar-refractivity contribution in [2.45, 2.75) is 45.5 Å². The molecule has 1 saturated carbocycles. The molecule has 0 spiro atoms. The van der Waals surface area contributed by atoms with E-state index in [0.29, 0.717) is 16.8 Å². The predicted molar refractivity (Wildman–Crippen MR) is 148 cm³/mol. The predicted octanol–water partition coefficient (Wildman–Crippen LogP) is 6.67. The number of ketones is 1. The average Bonchev–Trinajstić information content (AvgIpc) is 2.92. The van der Waals surface area contributed by atoms with E-state index in [1.54, 1.807) is 30.5 Å². The van der Waals surface area contributed by atoms with Crippen molar-refractivity contribution in [3.05, 3.63) is 83.9 Å². The third kappa shape index (κ3) is 6.70. The first kappa shape index (κ1) is 24.9. The summed E-state index contributed by atoms with van der Waals surface area (Å²) in [4.78, 5) is 32.8. The van der Waals surface area contributed by atoms with Crippen LogP contribution in [0.3, 0.4) is 0 Å². The van der Waals surface area contributed by atoms with Gasteiger partial charge in [-0.3, -0.25) is 14.6 Å². The van der Waals surface area contributed by atoms with Crippen LogP contribution in [0.1, 0.15) is 51.5 Å². The molecule has 1 unspecified atom stereocenters. The summed E-state index contributed by atoms with van der Waals surface area (Å²) in [7, 11) is 3.92. The highest BCUT2D eigenvalue weighted by Crippen LogP contribution is 2.30. The lowest BCUT2D eigenvalue weighted by atomic mass is 9.88. The van der Waals surface area contributed by atoms with Crippen molar-refractivity contribution >= 4 is 29.1 Å². The molecule has 1 heterocycles. The van der Waals surface area contributed by atoms with E-state index in [0.717, 1.165) is 43.4 Å². The topological polar surface area (TPSA) is 53.5 Å². The van der Waals surface area contributed by atoms with Crippen LogP contribution in [-0.2, 0) is 16.1 Å². The normalized spacial score (nSPS) is 15.3. The molecule has 0 saturated heterocycles. The summed E-state index contributed by atoms with van der Waals surface area (Å²) in [6, 6.07) is 14.3. The Morgan fingerprint density at radius 1 is 1.00 bits per heavy atom. The van der Waals surface area contributed by atoms with Crippen LogP contribution in [0.2, 0.25) is 0 Å². The molecule has 1 aliphatic carbocycles. The van der Waals surface area contributed by atoms with Crippen LogP contribution in [0, 0.1) is 11.7 Å². The first-order chi connectivity index (χ1) is 18.2. The molecule has 1 aliphatic rings. The number of hydrogen-bond donors (Lipinski definition) is 0. The van der Waals surface area contributed by atoms with Crippen molar-refractivity contribution in [2.24, 2.45) is 5.92 Å². The second-order valence-electron chi connectivity index (χ2n) is 9.77. The van der Waals surface area contributed by atoms with E-state index in [-0.39, 0.29) is 23.2 Å². The second-order valence-corrected chi connectivity index (χ2v) is 9.77. The molecule has 192 valence electrons. The van der Waals surface area contributed by atoms with E-state index in [1.165, 1.54) is 30.2 Å². The molecule has 6 heteroatoms. The number of carbonyl (C=O) groups excluding carboxylic acids is 2. The van der Waals surface area contributed by atoms with Crippen molar-refractivity contribution in [2.75, 3.05) is 23.9 Å². The lowest BCUT2D eigenvalue weighted by molar-refractivity contribution is -0.123. The van der Waals surface area contributed by atoms with E-state index >= 15 is 4.39 Å². The van der Waals surface area contributed by atoms with Gasteiger partial charge in [0.1, 0.15) is 5.82 Å². The van der Waals surface area contributed by atoms with Gasteiger partial charge >= 0.3 is 0 Å². The van der Waals surface area contributed by atoms with Gasteiger partial charge in [0.05, 0.1) is 19.8 Å². The van der Waals surface area contributed by atoms with Gasteiger partial charge in [0.15, 0.2) is 5.78 Å². The minimum Gasteiger partial charge on any atom is -0.378 e. The average molecular weight is 501 g/mol. The van der Waals surface area contributed by atoms with E-state index in [2.05, 4.69) is 4.98 Å². The number of nitrogens with zero attached hydrogens (tertiary/aromatic N) is 3. The van der Waals surface area contributed by atoms with E-state index in [1.807, 2.05) is 43.3 Å². The number of benzene rings is 2. The molecule has 37 heavy (non-hydrogen) atoms. The van der Waals surface area contributed by atoms with E-state index < -0.39 is 12.3 Å². The number of halogens is 1. The summed E-state index contributed by atoms with van der Waals surface area (Å²) in [5, 5.41) is 0. The Hall–Kier alpha value is -3.80. The van der Waals surface area contributed by atoms with Gasteiger partial charge in [-0.15, -0.1) is 0 Å². The number of rotatable bonds is 8. The lowest BCUT2D eigenvalue weighted by Gasteiger charge is -2.29. The molecule has 1 amide bonds. The van der Waals surface area contributed by atoms with Crippen LogP contribution in [0.5, 0.6) is 0 Å². The van der Waals surface area contributed by atoms with Crippen molar-refractivity contribution < 1.29 is 15.4 Å². The smallest absolute Gasteiger partial charge is 0.230 e. The summed E-state index contributed by atoms with van der Waals surface area (Å²) in [5.41, 5.74) is 3.77. The number of aromatic nitrogens is 1. The first-order valence-electron chi connectivity index (χ1n) is 13.3. The Morgan fingerprint density at radius 3 is 2.35 bits per heavy atom. The maximum Gasteiger partial charge on any atom is 0.230 e. The molecular formula is C31H34FN3O2. The van der Waals surface area contributed by atoms with Gasteiger partial charge in [-0.1, -0.05) is 43.5 Å². The molecule has 1 fully saturated rings. The zero-order chi connectivity index (χ0) is 27.2. The molecule has 1 aromatic heterocycles. The zero-order valence-corrected chi connectivity index (χ0v) is 21.7. The maximum absolute atomic E-state index is 15.5. The molecule has 0 aliphatic heterocycles. The molecule has 0 N–H and O–H groups in total. The van der Waals surface area contributed by atoms with Crippen molar-refractivity contribution in [3.8, 4) is 11.1 Å². The van der Waals surface area contributed by atoms with Crippen molar-refractivity contribution in [3.63, 3.8) is 0 Å². The van der Waals surface area contributed by atoms with Gasteiger partial charge in [-0.25, -0.2) is 4.39 Å². The molecule has 2 aromatic carbocycles. The molecule has 0 bridgehead atoms. The monoisotopic (exact) mass is 500 g/mol. The summed E-state index contributed by atoms with van der Waals surface area (Å²) < 4.78 is 24.6. The van der Waals surface area contributed by atoms with Gasteiger partial charge in [-0.05, 0) is 72.9 Å². The number of allylic oxidation sites excluding steroid dienone is 1. The Morgan fingerprint density at radius 2 is 1.70 bits per heavy atom. The number of anilines is 2. The SMILES string of the molecule is [2H]C(c1ccc(-c2ccc(N(C)C)cc2)cc1F)N(C(=O)C1CCCCC1)c1cncc(/C=C/C(C)=O)c1. The number of amides is 1. The van der Waals surface area contributed by atoms with Crippen LogP contribution >= 0.6 is 0 Å². The molecule has 4 rings (SSSR count). The van der Waals surface area contributed by atoms with Gasteiger partial charge in [0.2, 0.25) is 5.91 Å². The Balaban J connectivity index is 1.69. The summed E-state index contributed by atoms with van der Waals surface area (Å²) in [6.45, 7) is 0.165. The molecular weight excluding hydrogens is 465 g/mol. The van der Waals surface area contributed by atoms with Crippen LogP contribution < -0.4 is 9.80 Å². The van der Waals surface area contributed by atoms with Crippen LogP contribution in [-0.4, -0.2) is 30.8 Å². The van der Waals surface area contributed by atoms with Crippen LogP contribution in [0.25, 0.3) is 17.2 Å². The molecule has 1 atom stereocenters. The summed E-state index contributed by atoms with van der Waals surface area (Å²) in [6.07, 6.45) is 10.7. The third-order valence-corrected chi connectivity index (χ3v) is 6.71. The molecule has 3 aromatic rings. The number of pyridine rings is 1. The van der Waals surface area contributed by atoms with E-state index in [9.17, 15) is 9.59 Å². The zero-order valence-electron chi connectivity index (χ0n) is 22.7. The maximum atomic E-state index is 15.5. The fourth-order valence-corrected chi connectivity index (χ4v) is 4.60. The highest BCUT2D eigenvalue weighted by Gasteiger charge is 2.28. The Bertz CT molecular complexity index is 1320. The van der Waals surface area contributed by atoms with Gasteiger partial charge < -0.3 is 9.80 Å².